The highest BCUT2D eigenvalue weighted by Gasteiger charge is 2.07. The van der Waals surface area contributed by atoms with E-state index in [1.54, 1.807) is 6.92 Å². The standard InChI is InChI=1S/C8H10N2O2S/c1-3-7(12)10-8-9-4-6(13-8)5(2)11/h4H,3H2,1-2H3,(H,9,10,12). The molecule has 1 aromatic heterocycles. The van der Waals surface area contributed by atoms with Crippen molar-refractivity contribution in [2.45, 2.75) is 20.3 Å². The van der Waals surface area contributed by atoms with Crippen molar-refractivity contribution < 1.29 is 9.59 Å². The van der Waals surface area contributed by atoms with Gasteiger partial charge in [0, 0.05) is 13.3 Å². The Balaban J connectivity index is 2.69. The van der Waals surface area contributed by atoms with Crippen LogP contribution >= 0.6 is 11.3 Å². The van der Waals surface area contributed by atoms with Crippen LogP contribution in [0.5, 0.6) is 0 Å². The van der Waals surface area contributed by atoms with E-state index < -0.39 is 0 Å². The van der Waals surface area contributed by atoms with Crippen LogP contribution in [0.3, 0.4) is 0 Å². The third kappa shape index (κ3) is 2.62. The molecule has 0 bridgehead atoms. The first kappa shape index (κ1) is 9.85. The molecule has 13 heavy (non-hydrogen) atoms. The van der Waals surface area contributed by atoms with Crippen molar-refractivity contribution >= 4 is 28.2 Å². The van der Waals surface area contributed by atoms with Gasteiger partial charge in [0.15, 0.2) is 10.9 Å². The Kier molecular flexibility index (Phi) is 3.13. The summed E-state index contributed by atoms with van der Waals surface area (Å²) in [5.41, 5.74) is 0. The lowest BCUT2D eigenvalue weighted by molar-refractivity contribution is -0.115. The number of amides is 1. The van der Waals surface area contributed by atoms with Crippen LogP contribution in [0, 0.1) is 0 Å². The fourth-order valence-corrected chi connectivity index (χ4v) is 1.43. The number of Topliss-reactive ketones (excluding diaryl/α,β-unsaturated/α-hetero) is 1. The Morgan fingerprint density at radius 1 is 1.62 bits per heavy atom. The Morgan fingerprint density at radius 3 is 2.77 bits per heavy atom. The number of hydrogen-bond acceptors (Lipinski definition) is 4. The highest BCUT2D eigenvalue weighted by Crippen LogP contribution is 2.18. The fourth-order valence-electron chi connectivity index (χ4n) is 0.702. The SMILES string of the molecule is CCC(=O)Nc1ncc(C(C)=O)s1. The van der Waals surface area contributed by atoms with Gasteiger partial charge in [0.2, 0.25) is 5.91 Å². The van der Waals surface area contributed by atoms with E-state index in [1.807, 2.05) is 0 Å². The molecule has 0 aliphatic heterocycles. The lowest BCUT2D eigenvalue weighted by Crippen LogP contribution is -2.08. The number of aromatic nitrogens is 1. The van der Waals surface area contributed by atoms with E-state index in [1.165, 1.54) is 24.5 Å². The second-order valence-corrected chi connectivity index (χ2v) is 3.52. The van der Waals surface area contributed by atoms with Gasteiger partial charge in [-0.15, -0.1) is 0 Å². The molecule has 0 atom stereocenters. The lowest BCUT2D eigenvalue weighted by Gasteiger charge is -1.95. The van der Waals surface area contributed by atoms with E-state index >= 15 is 0 Å². The Labute approximate surface area is 80.0 Å². The van der Waals surface area contributed by atoms with Crippen molar-refractivity contribution in [2.24, 2.45) is 0 Å². The number of carbonyl (C=O) groups is 2. The van der Waals surface area contributed by atoms with Crippen LogP contribution in [-0.4, -0.2) is 16.7 Å². The molecule has 1 rings (SSSR count). The van der Waals surface area contributed by atoms with Crippen molar-refractivity contribution in [1.82, 2.24) is 4.98 Å². The van der Waals surface area contributed by atoms with Crippen molar-refractivity contribution in [1.29, 1.82) is 0 Å². The van der Waals surface area contributed by atoms with Crippen LogP contribution in [0.1, 0.15) is 29.9 Å². The van der Waals surface area contributed by atoms with Gasteiger partial charge in [0.1, 0.15) is 0 Å². The molecule has 0 spiro atoms. The zero-order chi connectivity index (χ0) is 9.84. The summed E-state index contributed by atoms with van der Waals surface area (Å²) in [5.74, 6) is -0.126. The van der Waals surface area contributed by atoms with E-state index in [0.29, 0.717) is 16.4 Å². The first-order valence-electron chi connectivity index (χ1n) is 3.90. The van der Waals surface area contributed by atoms with Crippen molar-refractivity contribution in [3.63, 3.8) is 0 Å². The van der Waals surface area contributed by atoms with Gasteiger partial charge in [-0.2, -0.15) is 0 Å². The van der Waals surface area contributed by atoms with Gasteiger partial charge in [0.05, 0.1) is 11.1 Å². The van der Waals surface area contributed by atoms with Gasteiger partial charge < -0.3 is 5.32 Å². The van der Waals surface area contributed by atoms with Crippen LogP contribution in [0.2, 0.25) is 0 Å². The van der Waals surface area contributed by atoms with Gasteiger partial charge in [-0.3, -0.25) is 9.59 Å². The maximum Gasteiger partial charge on any atom is 0.225 e. The van der Waals surface area contributed by atoms with Crippen molar-refractivity contribution in [2.75, 3.05) is 5.32 Å². The summed E-state index contributed by atoms with van der Waals surface area (Å²) >= 11 is 1.19. The highest BCUT2D eigenvalue weighted by molar-refractivity contribution is 7.17. The van der Waals surface area contributed by atoms with Crippen molar-refractivity contribution in [3.05, 3.63) is 11.1 Å². The van der Waals surface area contributed by atoms with Crippen LogP contribution in [-0.2, 0) is 4.79 Å². The van der Waals surface area contributed by atoms with E-state index in [0.717, 1.165) is 0 Å². The smallest absolute Gasteiger partial charge is 0.225 e. The number of nitrogens with zero attached hydrogens (tertiary/aromatic N) is 1. The average Bonchev–Trinajstić information content (AvgIpc) is 2.52. The maximum absolute atomic E-state index is 10.9. The van der Waals surface area contributed by atoms with Gasteiger partial charge in [-0.25, -0.2) is 4.98 Å². The monoisotopic (exact) mass is 198 g/mol. The molecule has 0 fully saturated rings. The predicted octanol–water partition coefficient (Wildman–Crippen LogP) is 1.69. The van der Waals surface area contributed by atoms with Gasteiger partial charge >= 0.3 is 0 Å². The third-order valence-electron chi connectivity index (χ3n) is 1.42. The van der Waals surface area contributed by atoms with Crippen LogP contribution in [0.25, 0.3) is 0 Å². The molecule has 1 N–H and O–H groups in total. The minimum atomic E-state index is -0.0931. The first-order valence-corrected chi connectivity index (χ1v) is 4.71. The second-order valence-electron chi connectivity index (χ2n) is 2.49. The quantitative estimate of drug-likeness (QED) is 0.752. The molecule has 0 saturated carbocycles. The number of carbonyl (C=O) groups excluding carboxylic acids is 2. The summed E-state index contributed by atoms with van der Waals surface area (Å²) in [6.45, 7) is 3.23. The lowest BCUT2D eigenvalue weighted by atomic mass is 10.4. The van der Waals surface area contributed by atoms with Crippen LogP contribution in [0.4, 0.5) is 5.13 Å². The molecule has 0 aromatic carbocycles. The van der Waals surface area contributed by atoms with E-state index in [-0.39, 0.29) is 11.7 Å². The molecule has 5 heteroatoms. The Bertz CT molecular complexity index is 333. The number of nitrogens with one attached hydrogen (secondary N) is 1. The molecule has 1 aromatic rings. The van der Waals surface area contributed by atoms with Crippen LogP contribution in [0.15, 0.2) is 6.20 Å². The molecular formula is C8H10N2O2S. The second kappa shape index (κ2) is 4.13. The molecule has 0 aliphatic rings. The molecule has 1 heterocycles. The van der Waals surface area contributed by atoms with E-state index in [2.05, 4.69) is 10.3 Å². The molecule has 0 radical (unpaired) electrons. The summed E-state index contributed by atoms with van der Waals surface area (Å²) in [6.07, 6.45) is 1.88. The number of anilines is 1. The van der Waals surface area contributed by atoms with E-state index in [4.69, 9.17) is 0 Å². The van der Waals surface area contributed by atoms with Crippen molar-refractivity contribution in [3.8, 4) is 0 Å². The first-order chi connectivity index (χ1) is 6.13. The van der Waals surface area contributed by atoms with Crippen LogP contribution < -0.4 is 5.32 Å². The largest absolute Gasteiger partial charge is 0.302 e. The topological polar surface area (TPSA) is 59.1 Å². The fraction of sp³-hybridized carbons (Fsp3) is 0.375. The average molecular weight is 198 g/mol. The molecule has 1 amide bonds. The Hall–Kier alpha value is -1.23. The molecular weight excluding hydrogens is 188 g/mol. The number of ketones is 1. The number of hydrogen-bond donors (Lipinski definition) is 1. The van der Waals surface area contributed by atoms with E-state index in [9.17, 15) is 9.59 Å². The molecule has 4 nitrogen and oxygen atoms in total. The number of thiazole rings is 1. The minimum Gasteiger partial charge on any atom is -0.302 e. The summed E-state index contributed by atoms with van der Waals surface area (Å²) in [4.78, 5) is 26.3. The number of rotatable bonds is 3. The van der Waals surface area contributed by atoms with Gasteiger partial charge in [-0.1, -0.05) is 18.3 Å². The van der Waals surface area contributed by atoms with Gasteiger partial charge in [0.25, 0.3) is 0 Å². The summed E-state index contributed by atoms with van der Waals surface area (Å²) in [7, 11) is 0. The Morgan fingerprint density at radius 2 is 2.31 bits per heavy atom. The zero-order valence-corrected chi connectivity index (χ0v) is 8.27. The summed E-state index contributed by atoms with van der Waals surface area (Å²) < 4.78 is 0. The molecule has 70 valence electrons. The third-order valence-corrected chi connectivity index (χ3v) is 2.43. The van der Waals surface area contributed by atoms with Gasteiger partial charge in [-0.05, 0) is 0 Å². The molecule has 0 saturated heterocycles. The predicted molar refractivity (Wildman–Crippen MR) is 51.0 cm³/mol. The summed E-state index contributed by atoms with van der Waals surface area (Å²) in [6, 6.07) is 0. The normalized spacial score (nSPS) is 9.69. The molecule has 0 unspecified atom stereocenters. The minimum absolute atomic E-state index is 0.0329. The maximum atomic E-state index is 10.9. The molecule has 0 aliphatic carbocycles. The zero-order valence-electron chi connectivity index (χ0n) is 7.46. The highest BCUT2D eigenvalue weighted by atomic mass is 32.1. The summed E-state index contributed by atoms with van der Waals surface area (Å²) in [5, 5.41) is 3.07.